The van der Waals surface area contributed by atoms with Crippen LogP contribution in [0.5, 0.6) is 0 Å². The summed E-state index contributed by atoms with van der Waals surface area (Å²) in [4.78, 5) is 0. The van der Waals surface area contributed by atoms with E-state index < -0.39 is 11.0 Å². The molecule has 19 heavy (non-hydrogen) atoms. The van der Waals surface area contributed by atoms with Crippen molar-refractivity contribution >= 4 is 27.5 Å². The summed E-state index contributed by atoms with van der Waals surface area (Å²) in [7, 11) is 0. The summed E-state index contributed by atoms with van der Waals surface area (Å²) >= 11 is 9.56. The van der Waals surface area contributed by atoms with Gasteiger partial charge in [0, 0.05) is 28.3 Å². The molecule has 0 radical (unpaired) electrons. The Labute approximate surface area is 126 Å². The molecule has 1 saturated heterocycles. The van der Waals surface area contributed by atoms with E-state index in [1.54, 1.807) is 19.1 Å². The van der Waals surface area contributed by atoms with E-state index in [2.05, 4.69) is 22.0 Å². The van der Waals surface area contributed by atoms with Crippen LogP contribution in [0.1, 0.15) is 25.3 Å². The Kier molecular flexibility index (Phi) is 4.22. The van der Waals surface area contributed by atoms with Crippen LogP contribution < -0.4 is 0 Å². The van der Waals surface area contributed by atoms with Crippen LogP contribution >= 0.6 is 27.5 Å². The van der Waals surface area contributed by atoms with Gasteiger partial charge in [0.15, 0.2) is 0 Å². The molecular weight excluding hydrogens is 330 g/mol. The highest BCUT2D eigenvalue weighted by Crippen LogP contribution is 2.48. The van der Waals surface area contributed by atoms with E-state index in [1.807, 2.05) is 6.07 Å². The first kappa shape index (κ1) is 14.8. The van der Waals surface area contributed by atoms with E-state index in [4.69, 9.17) is 16.3 Å². The van der Waals surface area contributed by atoms with Gasteiger partial charge in [0.25, 0.3) is 0 Å². The molecule has 1 N–H and O–H groups in total. The Bertz CT molecular complexity index is 519. The lowest BCUT2D eigenvalue weighted by Gasteiger charge is -2.43. The molecule has 1 aliphatic rings. The molecule has 5 heteroatoms. The predicted octanol–water partition coefficient (Wildman–Crippen LogP) is 3.63. The van der Waals surface area contributed by atoms with E-state index in [-0.39, 0.29) is 0 Å². The first-order chi connectivity index (χ1) is 8.93. The summed E-state index contributed by atoms with van der Waals surface area (Å²) in [6, 6.07) is 7.61. The van der Waals surface area contributed by atoms with Crippen molar-refractivity contribution in [2.75, 3.05) is 13.2 Å². The summed E-state index contributed by atoms with van der Waals surface area (Å²) < 4.78 is 6.15. The molecule has 1 aromatic rings. The molecule has 0 aromatic heterocycles. The average Bonchev–Trinajstić information content (AvgIpc) is 2.39. The molecule has 1 aliphatic heterocycles. The molecule has 0 aliphatic carbocycles. The molecule has 1 aromatic carbocycles. The van der Waals surface area contributed by atoms with Crippen LogP contribution in [0.3, 0.4) is 0 Å². The maximum absolute atomic E-state index is 11.0. The van der Waals surface area contributed by atoms with Crippen molar-refractivity contribution in [3.63, 3.8) is 0 Å². The molecule has 1 heterocycles. The molecule has 1 fully saturated rings. The van der Waals surface area contributed by atoms with Gasteiger partial charge in [-0.05, 0) is 31.9 Å². The zero-order valence-electron chi connectivity index (χ0n) is 10.6. The van der Waals surface area contributed by atoms with Crippen molar-refractivity contribution in [3.05, 3.63) is 33.3 Å². The fourth-order valence-corrected chi connectivity index (χ4v) is 3.43. The molecule has 0 bridgehead atoms. The second kappa shape index (κ2) is 5.41. The topological polar surface area (TPSA) is 53.2 Å². The van der Waals surface area contributed by atoms with Gasteiger partial charge in [-0.15, -0.1) is 0 Å². The van der Waals surface area contributed by atoms with Crippen LogP contribution in [0.4, 0.5) is 0 Å². The van der Waals surface area contributed by atoms with Crippen LogP contribution in [-0.4, -0.2) is 18.3 Å². The van der Waals surface area contributed by atoms with Crippen molar-refractivity contribution in [1.82, 2.24) is 0 Å². The van der Waals surface area contributed by atoms with Crippen LogP contribution in [0, 0.1) is 16.7 Å². The minimum Gasteiger partial charge on any atom is -0.384 e. The molecular formula is C14H15BrClNO2. The van der Waals surface area contributed by atoms with Gasteiger partial charge < -0.3 is 9.84 Å². The number of ether oxygens (including phenoxy) is 1. The van der Waals surface area contributed by atoms with Crippen LogP contribution in [0.25, 0.3) is 0 Å². The van der Waals surface area contributed by atoms with Crippen LogP contribution in [0.15, 0.2) is 22.7 Å². The third kappa shape index (κ3) is 2.53. The van der Waals surface area contributed by atoms with Gasteiger partial charge in [-0.25, -0.2) is 0 Å². The van der Waals surface area contributed by atoms with Gasteiger partial charge in [0.1, 0.15) is 5.60 Å². The minimum absolute atomic E-state index is 0.459. The minimum atomic E-state index is -1.30. The van der Waals surface area contributed by atoms with Gasteiger partial charge in [-0.2, -0.15) is 5.26 Å². The van der Waals surface area contributed by atoms with Gasteiger partial charge in [0.05, 0.1) is 11.5 Å². The summed E-state index contributed by atoms with van der Waals surface area (Å²) in [6.07, 6.45) is 1.01. The Morgan fingerprint density at radius 1 is 1.47 bits per heavy atom. The Morgan fingerprint density at radius 3 is 2.63 bits per heavy atom. The Hall–Kier alpha value is -0.600. The van der Waals surface area contributed by atoms with E-state index in [1.165, 1.54) is 0 Å². The number of rotatable bonds is 2. The maximum Gasteiger partial charge on any atom is 0.107 e. The summed E-state index contributed by atoms with van der Waals surface area (Å²) in [5, 5.41) is 21.0. The first-order valence-electron chi connectivity index (χ1n) is 6.10. The van der Waals surface area contributed by atoms with E-state index in [0.717, 1.165) is 4.47 Å². The second-order valence-corrected chi connectivity index (χ2v) is 6.33. The third-order valence-electron chi connectivity index (χ3n) is 3.95. The SMILES string of the molecule is CC(O)(c1ccc(Br)cc1Cl)C1(C#N)CCOCC1. The lowest BCUT2D eigenvalue weighted by Crippen LogP contribution is -2.46. The summed E-state index contributed by atoms with van der Waals surface area (Å²) in [5.41, 5.74) is -1.58. The van der Waals surface area contributed by atoms with Crippen molar-refractivity contribution in [3.8, 4) is 6.07 Å². The van der Waals surface area contributed by atoms with Crippen LogP contribution in [0.2, 0.25) is 5.02 Å². The summed E-state index contributed by atoms with van der Waals surface area (Å²) in [6.45, 7) is 2.63. The molecule has 0 amide bonds. The number of hydrogen-bond acceptors (Lipinski definition) is 3. The van der Waals surface area contributed by atoms with Gasteiger partial charge in [-0.1, -0.05) is 33.6 Å². The Balaban J connectivity index is 2.48. The summed E-state index contributed by atoms with van der Waals surface area (Å²) in [5.74, 6) is 0. The normalized spacial score (nSPS) is 21.4. The highest BCUT2D eigenvalue weighted by atomic mass is 79.9. The average molecular weight is 345 g/mol. The maximum atomic E-state index is 11.0. The monoisotopic (exact) mass is 343 g/mol. The lowest BCUT2D eigenvalue weighted by molar-refractivity contribution is -0.0974. The van der Waals surface area contributed by atoms with E-state index in [0.29, 0.717) is 36.6 Å². The zero-order valence-corrected chi connectivity index (χ0v) is 13.0. The van der Waals surface area contributed by atoms with Gasteiger partial charge >= 0.3 is 0 Å². The Morgan fingerprint density at radius 2 is 2.11 bits per heavy atom. The van der Waals surface area contributed by atoms with Crippen LogP contribution in [-0.2, 0) is 10.3 Å². The quantitative estimate of drug-likeness (QED) is 0.891. The number of hydrogen-bond donors (Lipinski definition) is 1. The predicted molar refractivity (Wildman–Crippen MR) is 76.8 cm³/mol. The van der Waals surface area contributed by atoms with Gasteiger partial charge in [-0.3, -0.25) is 0 Å². The fraction of sp³-hybridized carbons (Fsp3) is 0.500. The smallest absolute Gasteiger partial charge is 0.107 e. The van der Waals surface area contributed by atoms with Crippen molar-refractivity contribution < 1.29 is 9.84 Å². The molecule has 102 valence electrons. The van der Waals surface area contributed by atoms with Gasteiger partial charge in [0.2, 0.25) is 0 Å². The number of nitrogens with zero attached hydrogens (tertiary/aromatic N) is 1. The molecule has 0 spiro atoms. The number of aliphatic hydroxyl groups is 1. The fourth-order valence-electron chi connectivity index (χ4n) is 2.57. The number of nitriles is 1. The second-order valence-electron chi connectivity index (χ2n) is 5.00. The lowest BCUT2D eigenvalue weighted by atomic mass is 9.66. The third-order valence-corrected chi connectivity index (χ3v) is 4.75. The van der Waals surface area contributed by atoms with Crippen molar-refractivity contribution in [2.45, 2.75) is 25.4 Å². The molecule has 2 rings (SSSR count). The number of halogens is 2. The highest BCUT2D eigenvalue weighted by Gasteiger charge is 2.50. The van der Waals surface area contributed by atoms with E-state index in [9.17, 15) is 10.4 Å². The molecule has 1 atom stereocenters. The van der Waals surface area contributed by atoms with Crippen molar-refractivity contribution in [2.24, 2.45) is 5.41 Å². The van der Waals surface area contributed by atoms with E-state index >= 15 is 0 Å². The largest absolute Gasteiger partial charge is 0.384 e. The zero-order chi connectivity index (χ0) is 14.1. The molecule has 1 unspecified atom stereocenters. The molecule has 0 saturated carbocycles. The molecule has 3 nitrogen and oxygen atoms in total. The first-order valence-corrected chi connectivity index (χ1v) is 7.27. The highest BCUT2D eigenvalue weighted by molar-refractivity contribution is 9.10. The van der Waals surface area contributed by atoms with Crippen molar-refractivity contribution in [1.29, 1.82) is 5.26 Å². The standard InChI is InChI=1S/C14H15BrClNO2/c1-13(18,11-3-2-10(15)8-12(11)16)14(9-17)4-6-19-7-5-14/h2-3,8,18H,4-7H2,1H3. The number of benzene rings is 1.